The lowest BCUT2D eigenvalue weighted by Gasteiger charge is -2.18. The van der Waals surface area contributed by atoms with Crippen molar-refractivity contribution in [3.05, 3.63) is 0 Å². The Labute approximate surface area is 61.0 Å². The highest BCUT2D eigenvalue weighted by molar-refractivity contribution is 5.78. The van der Waals surface area contributed by atoms with Crippen molar-refractivity contribution in [2.75, 3.05) is 7.11 Å². The van der Waals surface area contributed by atoms with Gasteiger partial charge in [-0.3, -0.25) is 0 Å². The third-order valence-corrected chi connectivity index (χ3v) is 1.36. The SMILES string of the molecule is CCCC(C)(O)C(=O)OC. The summed E-state index contributed by atoms with van der Waals surface area (Å²) in [5.74, 6) is -0.561. The topological polar surface area (TPSA) is 46.5 Å². The van der Waals surface area contributed by atoms with Gasteiger partial charge in [0.15, 0.2) is 5.60 Å². The molecule has 0 saturated heterocycles. The average Bonchev–Trinajstić information content (AvgIpc) is 1.86. The molecule has 0 aliphatic heterocycles. The largest absolute Gasteiger partial charge is 0.467 e. The second-order valence-corrected chi connectivity index (χ2v) is 2.52. The summed E-state index contributed by atoms with van der Waals surface area (Å²) in [6, 6.07) is 0. The van der Waals surface area contributed by atoms with E-state index >= 15 is 0 Å². The maximum atomic E-state index is 10.8. The molecule has 10 heavy (non-hydrogen) atoms. The van der Waals surface area contributed by atoms with Gasteiger partial charge in [0.05, 0.1) is 7.11 Å². The van der Waals surface area contributed by atoms with Gasteiger partial charge < -0.3 is 9.84 Å². The number of hydrogen-bond acceptors (Lipinski definition) is 3. The van der Waals surface area contributed by atoms with Crippen LogP contribution in [-0.2, 0) is 9.53 Å². The molecule has 0 rings (SSSR count). The van der Waals surface area contributed by atoms with Gasteiger partial charge in [-0.1, -0.05) is 13.3 Å². The second kappa shape index (κ2) is 3.56. The minimum atomic E-state index is -1.30. The highest BCUT2D eigenvalue weighted by atomic mass is 16.5. The van der Waals surface area contributed by atoms with Gasteiger partial charge in [0.2, 0.25) is 0 Å². The van der Waals surface area contributed by atoms with Crippen molar-refractivity contribution >= 4 is 5.97 Å². The van der Waals surface area contributed by atoms with E-state index in [1.54, 1.807) is 0 Å². The van der Waals surface area contributed by atoms with E-state index in [-0.39, 0.29) is 0 Å². The maximum Gasteiger partial charge on any atom is 0.337 e. The molecule has 0 aromatic carbocycles. The summed E-state index contributed by atoms with van der Waals surface area (Å²) in [4.78, 5) is 10.8. The number of hydrogen-bond donors (Lipinski definition) is 1. The van der Waals surface area contributed by atoms with Crippen molar-refractivity contribution < 1.29 is 14.6 Å². The van der Waals surface area contributed by atoms with E-state index in [2.05, 4.69) is 4.74 Å². The first-order valence-electron chi connectivity index (χ1n) is 3.35. The first-order chi connectivity index (χ1) is 4.54. The van der Waals surface area contributed by atoms with Crippen LogP contribution in [0.4, 0.5) is 0 Å². The van der Waals surface area contributed by atoms with E-state index in [0.717, 1.165) is 6.42 Å². The summed E-state index contributed by atoms with van der Waals surface area (Å²) < 4.78 is 4.38. The van der Waals surface area contributed by atoms with Crippen molar-refractivity contribution in [2.45, 2.75) is 32.3 Å². The molecule has 3 nitrogen and oxygen atoms in total. The lowest BCUT2D eigenvalue weighted by molar-refractivity contribution is -0.161. The molecule has 0 heterocycles. The van der Waals surface area contributed by atoms with Gasteiger partial charge in [-0.2, -0.15) is 0 Å². The van der Waals surface area contributed by atoms with Crippen LogP contribution >= 0.6 is 0 Å². The van der Waals surface area contributed by atoms with Crippen LogP contribution < -0.4 is 0 Å². The molecule has 0 radical (unpaired) electrons. The van der Waals surface area contributed by atoms with Crippen LogP contribution in [-0.4, -0.2) is 23.8 Å². The summed E-state index contributed by atoms with van der Waals surface area (Å²) in [5.41, 5.74) is -1.30. The highest BCUT2D eigenvalue weighted by Crippen LogP contribution is 2.12. The molecule has 0 saturated carbocycles. The molecule has 0 aliphatic rings. The number of aliphatic hydroxyl groups is 1. The van der Waals surface area contributed by atoms with Crippen LogP contribution in [0.1, 0.15) is 26.7 Å². The van der Waals surface area contributed by atoms with E-state index < -0.39 is 11.6 Å². The fraction of sp³-hybridized carbons (Fsp3) is 0.857. The first kappa shape index (κ1) is 9.43. The number of methoxy groups -OCH3 is 1. The van der Waals surface area contributed by atoms with Crippen LogP contribution in [0.15, 0.2) is 0 Å². The number of esters is 1. The van der Waals surface area contributed by atoms with Gasteiger partial charge in [-0.15, -0.1) is 0 Å². The molecule has 0 fully saturated rings. The van der Waals surface area contributed by atoms with E-state index in [9.17, 15) is 9.90 Å². The minimum Gasteiger partial charge on any atom is -0.467 e. The second-order valence-electron chi connectivity index (χ2n) is 2.52. The summed E-state index contributed by atoms with van der Waals surface area (Å²) in [6.07, 6.45) is 1.21. The predicted octanol–water partition coefficient (Wildman–Crippen LogP) is 0.710. The molecule has 1 unspecified atom stereocenters. The lowest BCUT2D eigenvalue weighted by Crippen LogP contribution is -2.35. The molecule has 0 aromatic heterocycles. The van der Waals surface area contributed by atoms with Gasteiger partial charge in [0.25, 0.3) is 0 Å². The van der Waals surface area contributed by atoms with Crippen LogP contribution in [0.5, 0.6) is 0 Å². The Morgan fingerprint density at radius 3 is 2.50 bits per heavy atom. The van der Waals surface area contributed by atoms with Gasteiger partial charge in [0, 0.05) is 0 Å². The normalized spacial score (nSPS) is 16.0. The lowest BCUT2D eigenvalue weighted by atomic mass is 10.0. The minimum absolute atomic E-state index is 0.444. The standard InChI is InChI=1S/C7H14O3/c1-4-5-7(2,9)6(8)10-3/h9H,4-5H2,1-3H3. The van der Waals surface area contributed by atoms with E-state index in [1.807, 2.05) is 6.92 Å². The fourth-order valence-corrected chi connectivity index (χ4v) is 0.809. The molecule has 0 aliphatic carbocycles. The molecule has 3 heteroatoms. The summed E-state index contributed by atoms with van der Waals surface area (Å²) in [5, 5.41) is 9.31. The number of carbonyl (C=O) groups excluding carboxylic acids is 1. The average molecular weight is 146 g/mol. The van der Waals surface area contributed by atoms with E-state index in [4.69, 9.17) is 0 Å². The zero-order valence-electron chi connectivity index (χ0n) is 6.68. The van der Waals surface area contributed by atoms with Crippen molar-refractivity contribution in [3.8, 4) is 0 Å². The molecule has 1 N–H and O–H groups in total. The summed E-state index contributed by atoms with van der Waals surface area (Å²) in [6.45, 7) is 3.36. The van der Waals surface area contributed by atoms with Crippen LogP contribution in [0.25, 0.3) is 0 Å². The van der Waals surface area contributed by atoms with E-state index in [1.165, 1.54) is 14.0 Å². The third kappa shape index (κ3) is 2.35. The van der Waals surface area contributed by atoms with Crippen molar-refractivity contribution in [2.24, 2.45) is 0 Å². The third-order valence-electron chi connectivity index (χ3n) is 1.36. The van der Waals surface area contributed by atoms with Crippen molar-refractivity contribution in [3.63, 3.8) is 0 Å². The van der Waals surface area contributed by atoms with Crippen molar-refractivity contribution in [1.29, 1.82) is 0 Å². The highest BCUT2D eigenvalue weighted by Gasteiger charge is 2.29. The Kier molecular flexibility index (Phi) is 3.36. The van der Waals surface area contributed by atoms with Gasteiger partial charge in [-0.25, -0.2) is 4.79 Å². The number of ether oxygens (including phenoxy) is 1. The Balaban J connectivity index is 3.96. The first-order valence-corrected chi connectivity index (χ1v) is 3.35. The zero-order chi connectivity index (χ0) is 8.20. The Morgan fingerprint density at radius 1 is 1.70 bits per heavy atom. The van der Waals surface area contributed by atoms with Crippen LogP contribution in [0.2, 0.25) is 0 Å². The Morgan fingerprint density at radius 2 is 2.20 bits per heavy atom. The predicted molar refractivity (Wildman–Crippen MR) is 37.5 cm³/mol. The van der Waals surface area contributed by atoms with Crippen LogP contribution in [0, 0.1) is 0 Å². The fourth-order valence-electron chi connectivity index (χ4n) is 0.809. The number of rotatable bonds is 3. The maximum absolute atomic E-state index is 10.8. The monoisotopic (exact) mass is 146 g/mol. The molecule has 0 bridgehead atoms. The summed E-state index contributed by atoms with van der Waals surface area (Å²) in [7, 11) is 1.27. The molecule has 0 amide bonds. The molecule has 60 valence electrons. The van der Waals surface area contributed by atoms with E-state index in [0.29, 0.717) is 6.42 Å². The number of carbonyl (C=O) groups is 1. The molecule has 1 atom stereocenters. The molecular formula is C7H14O3. The molecule has 0 aromatic rings. The summed E-state index contributed by atoms with van der Waals surface area (Å²) >= 11 is 0. The zero-order valence-corrected chi connectivity index (χ0v) is 6.68. The Hall–Kier alpha value is -0.570. The van der Waals surface area contributed by atoms with Gasteiger partial charge in [-0.05, 0) is 13.3 Å². The van der Waals surface area contributed by atoms with Crippen LogP contribution in [0.3, 0.4) is 0 Å². The molecule has 0 spiro atoms. The van der Waals surface area contributed by atoms with Gasteiger partial charge >= 0.3 is 5.97 Å². The van der Waals surface area contributed by atoms with Gasteiger partial charge in [0.1, 0.15) is 0 Å². The van der Waals surface area contributed by atoms with Crippen molar-refractivity contribution in [1.82, 2.24) is 0 Å². The smallest absolute Gasteiger partial charge is 0.337 e. The quantitative estimate of drug-likeness (QED) is 0.596. The Bertz CT molecular complexity index is 118. The molecular weight excluding hydrogens is 132 g/mol.